The molecular formula is C21H31IN6OS. The zero-order valence-electron chi connectivity index (χ0n) is 17.8. The molecule has 0 saturated carbocycles. The van der Waals surface area contributed by atoms with Crippen LogP contribution in [0.5, 0.6) is 0 Å². The molecule has 7 nitrogen and oxygen atoms in total. The van der Waals surface area contributed by atoms with Gasteiger partial charge in [-0.15, -0.1) is 35.3 Å². The molecule has 1 aliphatic heterocycles. The van der Waals surface area contributed by atoms with Crippen LogP contribution in [0.3, 0.4) is 0 Å². The van der Waals surface area contributed by atoms with Crippen LogP contribution in [0.2, 0.25) is 0 Å². The Kier molecular flexibility index (Phi) is 9.83. The molecule has 2 aromatic rings. The van der Waals surface area contributed by atoms with E-state index in [0.717, 1.165) is 36.9 Å². The number of amides is 1. The topological polar surface area (TPSA) is 72.9 Å². The van der Waals surface area contributed by atoms with Crippen molar-refractivity contribution in [1.82, 2.24) is 20.5 Å². The lowest BCUT2D eigenvalue weighted by atomic mass is 10.2. The summed E-state index contributed by atoms with van der Waals surface area (Å²) < 4.78 is 0. The predicted molar refractivity (Wildman–Crippen MR) is 135 cm³/mol. The van der Waals surface area contributed by atoms with Gasteiger partial charge in [-0.1, -0.05) is 32.0 Å². The predicted octanol–water partition coefficient (Wildman–Crippen LogP) is 2.90. The number of halogens is 1. The van der Waals surface area contributed by atoms with Crippen LogP contribution in [-0.2, 0) is 11.3 Å². The van der Waals surface area contributed by atoms with Gasteiger partial charge < -0.3 is 20.4 Å². The Hall–Kier alpha value is -1.88. The standard InChI is InChI=1S/C21H30N6OS.HI/c1-16(2)18-15-29-19(25-18)13-23-21(22-3)24-14-20(28)27-11-9-26(10-12-27)17-7-5-4-6-8-17;/h4-8,15-16H,9-14H2,1-3H3,(H2,22,23,24);1H. The highest BCUT2D eigenvalue weighted by Crippen LogP contribution is 2.17. The van der Waals surface area contributed by atoms with E-state index in [0.29, 0.717) is 18.4 Å². The number of benzene rings is 1. The van der Waals surface area contributed by atoms with E-state index in [1.807, 2.05) is 23.1 Å². The van der Waals surface area contributed by atoms with Gasteiger partial charge in [-0.25, -0.2) is 4.98 Å². The summed E-state index contributed by atoms with van der Waals surface area (Å²) >= 11 is 1.64. The third kappa shape index (κ3) is 6.83. The van der Waals surface area contributed by atoms with Gasteiger partial charge in [-0.3, -0.25) is 9.79 Å². The van der Waals surface area contributed by atoms with Crippen molar-refractivity contribution in [2.45, 2.75) is 26.3 Å². The smallest absolute Gasteiger partial charge is 0.242 e. The molecule has 0 bridgehead atoms. The summed E-state index contributed by atoms with van der Waals surface area (Å²) in [6.45, 7) is 8.28. The first-order valence-electron chi connectivity index (χ1n) is 10.0. The van der Waals surface area contributed by atoms with E-state index in [2.05, 4.69) is 56.9 Å². The Balaban J connectivity index is 0.00000320. The first kappa shape index (κ1) is 24.4. The number of guanidine groups is 1. The molecule has 1 saturated heterocycles. The molecule has 0 unspecified atom stereocenters. The van der Waals surface area contributed by atoms with Gasteiger partial charge in [0.05, 0.1) is 18.8 Å². The summed E-state index contributed by atoms with van der Waals surface area (Å²) in [6.07, 6.45) is 0. The van der Waals surface area contributed by atoms with Gasteiger partial charge in [0.15, 0.2) is 5.96 Å². The number of aliphatic imine (C=N–C) groups is 1. The number of rotatable bonds is 6. The fourth-order valence-electron chi connectivity index (χ4n) is 3.18. The van der Waals surface area contributed by atoms with E-state index in [1.54, 1.807) is 18.4 Å². The molecule has 1 aromatic heterocycles. The molecule has 9 heteroatoms. The Morgan fingerprint density at radius 1 is 1.17 bits per heavy atom. The number of carbonyl (C=O) groups is 1. The van der Waals surface area contributed by atoms with Gasteiger partial charge in [0.1, 0.15) is 5.01 Å². The van der Waals surface area contributed by atoms with E-state index < -0.39 is 0 Å². The summed E-state index contributed by atoms with van der Waals surface area (Å²) in [5.41, 5.74) is 2.32. The number of thiazole rings is 1. The lowest BCUT2D eigenvalue weighted by Gasteiger charge is -2.36. The van der Waals surface area contributed by atoms with Crippen LogP contribution < -0.4 is 15.5 Å². The zero-order chi connectivity index (χ0) is 20.6. The first-order valence-corrected chi connectivity index (χ1v) is 10.9. The van der Waals surface area contributed by atoms with Crippen LogP contribution in [0.4, 0.5) is 5.69 Å². The molecule has 1 aliphatic rings. The van der Waals surface area contributed by atoms with Crippen molar-refractivity contribution < 1.29 is 4.79 Å². The fourth-order valence-corrected chi connectivity index (χ4v) is 4.07. The summed E-state index contributed by atoms with van der Waals surface area (Å²) in [7, 11) is 1.71. The Bertz CT molecular complexity index is 818. The monoisotopic (exact) mass is 542 g/mol. The highest BCUT2D eigenvalue weighted by atomic mass is 127. The minimum Gasteiger partial charge on any atom is -0.368 e. The van der Waals surface area contributed by atoms with Gasteiger partial charge in [-0.05, 0) is 18.1 Å². The van der Waals surface area contributed by atoms with E-state index in [9.17, 15) is 4.79 Å². The van der Waals surface area contributed by atoms with E-state index in [1.165, 1.54) is 5.69 Å². The lowest BCUT2D eigenvalue weighted by Crippen LogP contribution is -2.52. The second-order valence-corrected chi connectivity index (χ2v) is 8.25. The lowest BCUT2D eigenvalue weighted by molar-refractivity contribution is -0.130. The molecule has 1 amide bonds. The number of para-hydroxylation sites is 1. The third-order valence-corrected chi connectivity index (χ3v) is 5.82. The molecule has 0 aliphatic carbocycles. The molecule has 2 N–H and O–H groups in total. The molecule has 3 rings (SSSR count). The Morgan fingerprint density at radius 2 is 1.87 bits per heavy atom. The van der Waals surface area contributed by atoms with Crippen LogP contribution in [-0.4, -0.2) is 61.5 Å². The summed E-state index contributed by atoms with van der Waals surface area (Å²) in [6, 6.07) is 10.3. The molecular weight excluding hydrogens is 511 g/mol. The van der Waals surface area contributed by atoms with E-state index in [4.69, 9.17) is 0 Å². The maximum atomic E-state index is 12.6. The number of carbonyl (C=O) groups excluding carboxylic acids is 1. The molecule has 1 fully saturated rings. The summed E-state index contributed by atoms with van der Waals surface area (Å²) in [5.74, 6) is 1.14. The summed E-state index contributed by atoms with van der Waals surface area (Å²) in [5, 5.41) is 9.46. The molecule has 0 radical (unpaired) electrons. The third-order valence-electron chi connectivity index (χ3n) is 4.95. The van der Waals surface area contributed by atoms with Gasteiger partial charge in [0.25, 0.3) is 0 Å². The van der Waals surface area contributed by atoms with Crippen molar-refractivity contribution >= 4 is 52.9 Å². The number of aromatic nitrogens is 1. The minimum absolute atomic E-state index is 0. The highest BCUT2D eigenvalue weighted by molar-refractivity contribution is 14.0. The number of piperazine rings is 1. The molecule has 164 valence electrons. The van der Waals surface area contributed by atoms with Gasteiger partial charge >= 0.3 is 0 Å². The number of hydrogen-bond donors (Lipinski definition) is 2. The average Bonchev–Trinajstić information content (AvgIpc) is 3.24. The van der Waals surface area contributed by atoms with Crippen molar-refractivity contribution in [2.24, 2.45) is 4.99 Å². The van der Waals surface area contributed by atoms with Crippen LogP contribution in [0.15, 0.2) is 40.7 Å². The van der Waals surface area contributed by atoms with Crippen LogP contribution in [0.25, 0.3) is 0 Å². The Labute approximate surface area is 200 Å². The molecule has 30 heavy (non-hydrogen) atoms. The molecule has 2 heterocycles. The van der Waals surface area contributed by atoms with Crippen LogP contribution in [0.1, 0.15) is 30.5 Å². The maximum absolute atomic E-state index is 12.6. The average molecular weight is 542 g/mol. The van der Waals surface area contributed by atoms with Crippen molar-refractivity contribution in [3.05, 3.63) is 46.4 Å². The largest absolute Gasteiger partial charge is 0.368 e. The minimum atomic E-state index is 0. The van der Waals surface area contributed by atoms with Gasteiger partial charge in [-0.2, -0.15) is 0 Å². The SMILES string of the molecule is CN=C(NCC(=O)N1CCN(c2ccccc2)CC1)NCc1nc(C(C)C)cs1.I. The Morgan fingerprint density at radius 3 is 2.47 bits per heavy atom. The number of hydrogen-bond acceptors (Lipinski definition) is 5. The summed E-state index contributed by atoms with van der Waals surface area (Å²) in [4.78, 5) is 25.6. The van der Waals surface area contributed by atoms with Gasteiger partial charge in [0.2, 0.25) is 5.91 Å². The normalized spacial score (nSPS) is 14.5. The van der Waals surface area contributed by atoms with Crippen molar-refractivity contribution in [2.75, 3.05) is 44.7 Å². The van der Waals surface area contributed by atoms with Crippen LogP contribution >= 0.6 is 35.3 Å². The van der Waals surface area contributed by atoms with Gasteiger partial charge in [0, 0.05) is 44.3 Å². The number of nitrogens with zero attached hydrogens (tertiary/aromatic N) is 4. The maximum Gasteiger partial charge on any atom is 0.242 e. The number of anilines is 1. The fraction of sp³-hybridized carbons (Fsp3) is 0.476. The quantitative estimate of drug-likeness (QED) is 0.334. The second kappa shape index (κ2) is 12.1. The van der Waals surface area contributed by atoms with E-state index >= 15 is 0 Å². The van der Waals surface area contributed by atoms with Crippen LogP contribution in [0, 0.1) is 0 Å². The van der Waals surface area contributed by atoms with Crippen molar-refractivity contribution in [3.8, 4) is 0 Å². The van der Waals surface area contributed by atoms with E-state index in [-0.39, 0.29) is 36.4 Å². The molecule has 1 aromatic carbocycles. The molecule has 0 atom stereocenters. The second-order valence-electron chi connectivity index (χ2n) is 7.30. The van der Waals surface area contributed by atoms with Crippen molar-refractivity contribution in [1.29, 1.82) is 0 Å². The molecule has 0 spiro atoms. The highest BCUT2D eigenvalue weighted by Gasteiger charge is 2.21. The zero-order valence-corrected chi connectivity index (χ0v) is 20.9. The number of nitrogens with one attached hydrogen (secondary N) is 2. The van der Waals surface area contributed by atoms with Crippen molar-refractivity contribution in [3.63, 3.8) is 0 Å². The first-order chi connectivity index (χ1) is 14.1.